The first-order valence-electron chi connectivity index (χ1n) is 8.62. The molecule has 3 rings (SSSR count). The Labute approximate surface area is 161 Å². The predicted molar refractivity (Wildman–Crippen MR) is 102 cm³/mol. The SMILES string of the molecule is COc1ccc(CN2C(=O)C(=O)c3cc(/C=C/C(=O)OCCO)ccc32)cc1. The van der Waals surface area contributed by atoms with E-state index in [1.165, 1.54) is 17.1 Å². The lowest BCUT2D eigenvalue weighted by Gasteiger charge is -2.17. The topological polar surface area (TPSA) is 93.1 Å². The second-order valence-corrected chi connectivity index (χ2v) is 6.07. The molecule has 28 heavy (non-hydrogen) atoms. The number of rotatable bonds is 7. The number of carbonyl (C=O) groups is 3. The number of hydrogen-bond acceptors (Lipinski definition) is 6. The molecule has 0 radical (unpaired) electrons. The number of aliphatic hydroxyl groups is 1. The molecule has 7 heteroatoms. The zero-order valence-electron chi connectivity index (χ0n) is 15.3. The molecule has 0 atom stereocenters. The number of ether oxygens (including phenoxy) is 2. The summed E-state index contributed by atoms with van der Waals surface area (Å²) >= 11 is 0. The fourth-order valence-electron chi connectivity index (χ4n) is 2.85. The Morgan fingerprint density at radius 3 is 2.57 bits per heavy atom. The fraction of sp³-hybridized carbons (Fsp3) is 0.190. The average molecular weight is 381 g/mol. The summed E-state index contributed by atoms with van der Waals surface area (Å²) in [6, 6.07) is 12.2. The molecular formula is C21H19NO6. The Hall–Kier alpha value is -3.45. The lowest BCUT2D eigenvalue weighted by Crippen LogP contribution is -2.29. The molecule has 7 nitrogen and oxygen atoms in total. The molecule has 0 unspecified atom stereocenters. The molecule has 0 saturated carbocycles. The Morgan fingerprint density at radius 1 is 1.14 bits per heavy atom. The van der Waals surface area contributed by atoms with Gasteiger partial charge in [-0.15, -0.1) is 0 Å². The molecule has 0 saturated heterocycles. The monoisotopic (exact) mass is 381 g/mol. The van der Waals surface area contributed by atoms with Gasteiger partial charge in [-0.3, -0.25) is 9.59 Å². The summed E-state index contributed by atoms with van der Waals surface area (Å²) in [7, 11) is 1.58. The molecule has 1 aliphatic rings. The van der Waals surface area contributed by atoms with Crippen molar-refractivity contribution < 1.29 is 29.0 Å². The van der Waals surface area contributed by atoms with Gasteiger partial charge in [0.25, 0.3) is 11.7 Å². The van der Waals surface area contributed by atoms with Gasteiger partial charge in [-0.1, -0.05) is 18.2 Å². The first-order valence-corrected chi connectivity index (χ1v) is 8.62. The molecule has 1 amide bonds. The second kappa shape index (κ2) is 8.49. The van der Waals surface area contributed by atoms with Crippen LogP contribution in [-0.4, -0.2) is 43.1 Å². The molecule has 0 fully saturated rings. The number of ketones is 1. The number of Topliss-reactive ketones (excluding diaryl/α,β-unsaturated/α-hetero) is 1. The van der Waals surface area contributed by atoms with Crippen LogP contribution in [0.25, 0.3) is 6.08 Å². The van der Waals surface area contributed by atoms with Crippen LogP contribution in [0.4, 0.5) is 5.69 Å². The van der Waals surface area contributed by atoms with E-state index in [0.29, 0.717) is 22.6 Å². The quantitative estimate of drug-likeness (QED) is 0.448. The first kappa shape index (κ1) is 19.3. The van der Waals surface area contributed by atoms with E-state index in [1.807, 2.05) is 12.1 Å². The Morgan fingerprint density at radius 2 is 1.89 bits per heavy atom. The van der Waals surface area contributed by atoms with E-state index in [-0.39, 0.29) is 19.8 Å². The van der Waals surface area contributed by atoms with Gasteiger partial charge in [0.2, 0.25) is 0 Å². The summed E-state index contributed by atoms with van der Waals surface area (Å²) in [4.78, 5) is 37.7. The van der Waals surface area contributed by atoms with Crippen molar-refractivity contribution in [1.29, 1.82) is 0 Å². The molecule has 1 aliphatic heterocycles. The molecular weight excluding hydrogens is 362 g/mol. The summed E-state index contributed by atoms with van der Waals surface area (Å²) in [6.07, 6.45) is 2.69. The van der Waals surface area contributed by atoms with Crippen LogP contribution in [-0.2, 0) is 20.9 Å². The minimum Gasteiger partial charge on any atom is -0.497 e. The maximum absolute atomic E-state index is 12.4. The van der Waals surface area contributed by atoms with E-state index < -0.39 is 17.7 Å². The number of carbonyl (C=O) groups excluding carboxylic acids is 3. The van der Waals surface area contributed by atoms with Crippen LogP contribution in [0.5, 0.6) is 5.75 Å². The summed E-state index contributed by atoms with van der Waals surface area (Å²) in [6.45, 7) is -0.0655. The first-order chi connectivity index (χ1) is 13.5. The van der Waals surface area contributed by atoms with Gasteiger partial charge < -0.3 is 19.5 Å². The van der Waals surface area contributed by atoms with Crippen LogP contribution in [0.15, 0.2) is 48.5 Å². The van der Waals surface area contributed by atoms with Crippen LogP contribution >= 0.6 is 0 Å². The third-order valence-corrected chi connectivity index (χ3v) is 4.24. The minimum absolute atomic E-state index is 0.0827. The normalized spacial score (nSPS) is 13.1. The van der Waals surface area contributed by atoms with Crippen molar-refractivity contribution in [1.82, 2.24) is 0 Å². The van der Waals surface area contributed by atoms with Gasteiger partial charge in [0, 0.05) is 6.08 Å². The van der Waals surface area contributed by atoms with Crippen LogP contribution < -0.4 is 9.64 Å². The van der Waals surface area contributed by atoms with Crippen LogP contribution in [0.1, 0.15) is 21.5 Å². The Balaban J connectivity index is 1.79. The number of nitrogens with zero attached hydrogens (tertiary/aromatic N) is 1. The van der Waals surface area contributed by atoms with Gasteiger partial charge >= 0.3 is 5.97 Å². The van der Waals surface area contributed by atoms with Gasteiger partial charge in [-0.2, -0.15) is 0 Å². The predicted octanol–water partition coefficient (Wildman–Crippen LogP) is 1.97. The lowest BCUT2D eigenvalue weighted by molar-refractivity contribution is -0.138. The zero-order valence-corrected chi connectivity index (χ0v) is 15.3. The van der Waals surface area contributed by atoms with Crippen molar-refractivity contribution >= 4 is 29.4 Å². The zero-order chi connectivity index (χ0) is 20.1. The van der Waals surface area contributed by atoms with E-state index in [2.05, 4.69) is 0 Å². The molecule has 0 spiro atoms. The van der Waals surface area contributed by atoms with E-state index in [1.54, 1.807) is 37.4 Å². The van der Waals surface area contributed by atoms with Crippen LogP contribution in [0.2, 0.25) is 0 Å². The standard InChI is InChI=1S/C21H19NO6/c1-27-16-6-2-15(3-7-16)13-22-18-8-4-14(5-9-19(24)28-11-10-23)12-17(18)20(25)21(22)26/h2-9,12,23H,10-11,13H2,1H3/b9-5+. The van der Waals surface area contributed by atoms with Crippen molar-refractivity contribution in [2.24, 2.45) is 0 Å². The Bertz CT molecular complexity index is 932. The number of fused-ring (bicyclic) bond motifs is 1. The lowest BCUT2D eigenvalue weighted by atomic mass is 10.1. The molecule has 0 bridgehead atoms. The molecule has 1 N–H and O–H groups in total. The fourth-order valence-corrected chi connectivity index (χ4v) is 2.85. The average Bonchev–Trinajstić information content (AvgIpc) is 2.95. The molecule has 2 aromatic rings. The van der Waals surface area contributed by atoms with Crippen molar-refractivity contribution in [3.8, 4) is 5.75 Å². The number of aliphatic hydroxyl groups excluding tert-OH is 1. The summed E-state index contributed by atoms with van der Waals surface area (Å²) in [5.74, 6) is -1.06. The summed E-state index contributed by atoms with van der Waals surface area (Å²) in [5.41, 5.74) is 2.28. The van der Waals surface area contributed by atoms with E-state index in [9.17, 15) is 14.4 Å². The largest absolute Gasteiger partial charge is 0.497 e. The summed E-state index contributed by atoms with van der Waals surface area (Å²) in [5, 5.41) is 8.64. The number of benzene rings is 2. The highest BCUT2D eigenvalue weighted by Crippen LogP contribution is 2.31. The second-order valence-electron chi connectivity index (χ2n) is 6.07. The number of esters is 1. The van der Waals surface area contributed by atoms with Gasteiger partial charge in [-0.05, 0) is 41.5 Å². The molecule has 0 aromatic heterocycles. The minimum atomic E-state index is -0.599. The highest BCUT2D eigenvalue weighted by molar-refractivity contribution is 6.52. The van der Waals surface area contributed by atoms with E-state index in [0.717, 1.165) is 5.56 Å². The van der Waals surface area contributed by atoms with Gasteiger partial charge in [0.15, 0.2) is 0 Å². The van der Waals surface area contributed by atoms with E-state index in [4.69, 9.17) is 14.6 Å². The van der Waals surface area contributed by atoms with Crippen molar-refractivity contribution in [3.05, 3.63) is 65.2 Å². The summed E-state index contributed by atoms with van der Waals surface area (Å²) < 4.78 is 9.85. The van der Waals surface area contributed by atoms with Crippen molar-refractivity contribution in [2.45, 2.75) is 6.54 Å². The number of methoxy groups -OCH3 is 1. The third-order valence-electron chi connectivity index (χ3n) is 4.24. The Kier molecular flexibility index (Phi) is 5.86. The number of anilines is 1. The number of amides is 1. The van der Waals surface area contributed by atoms with Gasteiger partial charge in [-0.25, -0.2) is 4.79 Å². The molecule has 0 aliphatic carbocycles. The highest BCUT2D eigenvalue weighted by atomic mass is 16.5. The molecule has 2 aromatic carbocycles. The highest BCUT2D eigenvalue weighted by Gasteiger charge is 2.35. The maximum Gasteiger partial charge on any atom is 0.330 e. The van der Waals surface area contributed by atoms with Gasteiger partial charge in [0.05, 0.1) is 31.5 Å². The molecule has 144 valence electrons. The third kappa shape index (κ3) is 4.10. The van der Waals surface area contributed by atoms with Crippen LogP contribution in [0.3, 0.4) is 0 Å². The van der Waals surface area contributed by atoms with Crippen LogP contribution in [0, 0.1) is 0 Å². The maximum atomic E-state index is 12.4. The van der Waals surface area contributed by atoms with Gasteiger partial charge in [0.1, 0.15) is 12.4 Å². The van der Waals surface area contributed by atoms with Crippen molar-refractivity contribution in [2.75, 3.05) is 25.2 Å². The molecule has 1 heterocycles. The smallest absolute Gasteiger partial charge is 0.330 e. The van der Waals surface area contributed by atoms with Crippen molar-refractivity contribution in [3.63, 3.8) is 0 Å². The van der Waals surface area contributed by atoms with E-state index >= 15 is 0 Å². The number of hydrogen-bond donors (Lipinski definition) is 1.